The van der Waals surface area contributed by atoms with Gasteiger partial charge in [0.2, 0.25) is 5.91 Å². The van der Waals surface area contributed by atoms with Gasteiger partial charge in [0.05, 0.1) is 16.3 Å². The van der Waals surface area contributed by atoms with E-state index in [-0.39, 0.29) is 40.9 Å². The number of nitrogens with zero attached hydrogens (tertiary/aromatic N) is 4. The molecule has 11 heteroatoms. The molecule has 1 amide bonds. The zero-order valence-corrected chi connectivity index (χ0v) is 20.1. The van der Waals surface area contributed by atoms with Gasteiger partial charge in [-0.25, -0.2) is 13.8 Å². The molecule has 2 aliphatic heterocycles. The molecule has 7 nitrogen and oxygen atoms in total. The van der Waals surface area contributed by atoms with Gasteiger partial charge >= 0.3 is 0 Å². The first-order valence-corrected chi connectivity index (χ1v) is 12.4. The summed E-state index contributed by atoms with van der Waals surface area (Å²) >= 11 is 7.36. The van der Waals surface area contributed by atoms with E-state index in [4.69, 9.17) is 21.4 Å². The maximum Gasteiger partial charge on any atom is 0.269 e. The molecule has 3 aromatic rings. The standard InChI is InChI=1S/C24H21ClF2N4O3S/c25-15-3-2-8-31(24(15)33)12-21(32)30-9-6-14(7-10-30)23-28-19(13-35-23)18-11-20(34-29-18)22-16(26)4-1-5-17(22)27/h1-5,8,13-14,20H,6-7,9-12H2. The molecule has 2 aromatic heterocycles. The molecule has 1 unspecified atom stereocenters. The van der Waals surface area contributed by atoms with E-state index in [2.05, 4.69) is 5.16 Å². The van der Waals surface area contributed by atoms with Crippen molar-refractivity contribution in [2.45, 2.75) is 37.8 Å². The number of carbonyl (C=O) groups is 1. The van der Waals surface area contributed by atoms with Crippen LogP contribution in [0.1, 0.15) is 47.5 Å². The molecule has 4 heterocycles. The Bertz CT molecular complexity index is 1330. The number of carbonyl (C=O) groups excluding carboxylic acids is 1. The zero-order valence-electron chi connectivity index (χ0n) is 18.5. The minimum Gasteiger partial charge on any atom is -0.387 e. The highest BCUT2D eigenvalue weighted by Gasteiger charge is 2.31. The summed E-state index contributed by atoms with van der Waals surface area (Å²) in [5.41, 5.74) is 0.688. The fourth-order valence-electron chi connectivity index (χ4n) is 4.36. The number of amides is 1. The topological polar surface area (TPSA) is 76.8 Å². The number of pyridine rings is 1. The number of oxime groups is 1. The Balaban J connectivity index is 1.18. The summed E-state index contributed by atoms with van der Waals surface area (Å²) in [6.45, 7) is 1.08. The Morgan fingerprint density at radius 2 is 1.91 bits per heavy atom. The van der Waals surface area contributed by atoms with Crippen LogP contribution in [-0.4, -0.2) is 39.2 Å². The molecule has 182 valence electrons. The lowest BCUT2D eigenvalue weighted by Crippen LogP contribution is -2.41. The highest BCUT2D eigenvalue weighted by atomic mass is 35.5. The number of thiazole rings is 1. The van der Waals surface area contributed by atoms with Crippen LogP contribution in [0.3, 0.4) is 0 Å². The first-order valence-electron chi connectivity index (χ1n) is 11.2. The van der Waals surface area contributed by atoms with Gasteiger partial charge < -0.3 is 14.3 Å². The SMILES string of the molecule is O=C(Cn1cccc(Cl)c1=O)N1CCC(c2nc(C3=NOC(c4c(F)cccc4F)C3)cs2)CC1. The number of hydrogen-bond acceptors (Lipinski definition) is 6. The van der Waals surface area contributed by atoms with E-state index in [1.165, 1.54) is 40.2 Å². The molecule has 1 aromatic carbocycles. The average Bonchev–Trinajstić information content (AvgIpc) is 3.52. The Morgan fingerprint density at radius 3 is 2.66 bits per heavy atom. The van der Waals surface area contributed by atoms with E-state index in [1.54, 1.807) is 17.2 Å². The lowest BCUT2D eigenvalue weighted by molar-refractivity contribution is -0.132. The maximum absolute atomic E-state index is 14.1. The van der Waals surface area contributed by atoms with E-state index in [9.17, 15) is 18.4 Å². The van der Waals surface area contributed by atoms with Gasteiger partial charge in [-0.05, 0) is 37.1 Å². The predicted molar refractivity (Wildman–Crippen MR) is 128 cm³/mol. The number of benzene rings is 1. The third-order valence-corrected chi connectivity index (χ3v) is 7.58. The van der Waals surface area contributed by atoms with E-state index in [1.807, 2.05) is 5.38 Å². The minimum atomic E-state index is -0.822. The molecular formula is C24H21ClF2N4O3S. The number of halogens is 3. The molecule has 1 saturated heterocycles. The van der Waals surface area contributed by atoms with Crippen LogP contribution in [0.25, 0.3) is 0 Å². The van der Waals surface area contributed by atoms with Crippen LogP contribution >= 0.6 is 22.9 Å². The lowest BCUT2D eigenvalue weighted by Gasteiger charge is -2.31. The number of likely N-dealkylation sites (tertiary alicyclic amines) is 1. The number of hydrogen-bond donors (Lipinski definition) is 0. The first kappa shape index (κ1) is 23.6. The Hall–Kier alpha value is -3.11. The second-order valence-electron chi connectivity index (χ2n) is 8.49. The smallest absolute Gasteiger partial charge is 0.269 e. The molecule has 0 spiro atoms. The summed E-state index contributed by atoms with van der Waals surface area (Å²) < 4.78 is 29.5. The van der Waals surface area contributed by atoms with Crippen LogP contribution in [-0.2, 0) is 16.2 Å². The maximum atomic E-state index is 14.1. The average molecular weight is 519 g/mol. The number of rotatable bonds is 5. The van der Waals surface area contributed by atoms with Gasteiger partial charge in [0, 0.05) is 37.0 Å². The summed E-state index contributed by atoms with van der Waals surface area (Å²) in [6, 6.07) is 6.85. The molecule has 0 N–H and O–H groups in total. The van der Waals surface area contributed by atoms with Crippen molar-refractivity contribution in [1.29, 1.82) is 0 Å². The molecule has 2 aliphatic rings. The molecule has 0 radical (unpaired) electrons. The van der Waals surface area contributed by atoms with Crippen molar-refractivity contribution in [1.82, 2.24) is 14.5 Å². The summed E-state index contributed by atoms with van der Waals surface area (Å²) in [5, 5.41) is 6.92. The monoisotopic (exact) mass is 518 g/mol. The molecule has 35 heavy (non-hydrogen) atoms. The molecule has 5 rings (SSSR count). The van der Waals surface area contributed by atoms with Crippen LogP contribution < -0.4 is 5.56 Å². The first-order chi connectivity index (χ1) is 16.9. The van der Waals surface area contributed by atoms with Gasteiger partial charge in [-0.3, -0.25) is 9.59 Å². The summed E-state index contributed by atoms with van der Waals surface area (Å²) in [7, 11) is 0. The molecule has 1 fully saturated rings. The third kappa shape index (κ3) is 4.85. The number of aromatic nitrogens is 2. The van der Waals surface area contributed by atoms with Gasteiger partial charge in [0.25, 0.3) is 5.56 Å². The predicted octanol–water partition coefficient (Wildman–Crippen LogP) is 4.51. The van der Waals surface area contributed by atoms with Crippen molar-refractivity contribution >= 4 is 34.6 Å². The quantitative estimate of drug-likeness (QED) is 0.498. The fraction of sp³-hybridized carbons (Fsp3) is 0.333. The summed E-state index contributed by atoms with van der Waals surface area (Å²) in [6.07, 6.45) is 2.45. The third-order valence-electron chi connectivity index (χ3n) is 6.28. The van der Waals surface area contributed by atoms with Gasteiger partial charge in [0.15, 0.2) is 6.10 Å². The van der Waals surface area contributed by atoms with E-state index in [0.29, 0.717) is 24.5 Å². The van der Waals surface area contributed by atoms with Crippen molar-refractivity contribution in [3.05, 3.63) is 85.2 Å². The minimum absolute atomic E-state index is 0.0466. The van der Waals surface area contributed by atoms with Crippen LogP contribution in [0.15, 0.2) is 51.9 Å². The van der Waals surface area contributed by atoms with Gasteiger partial charge in [0.1, 0.15) is 28.9 Å². The number of piperidine rings is 1. The molecule has 1 atom stereocenters. The van der Waals surface area contributed by atoms with Gasteiger partial charge in [-0.15, -0.1) is 11.3 Å². The van der Waals surface area contributed by atoms with Crippen molar-refractivity contribution in [2.24, 2.45) is 5.16 Å². The van der Waals surface area contributed by atoms with Crippen molar-refractivity contribution in [3.63, 3.8) is 0 Å². The van der Waals surface area contributed by atoms with Crippen LogP contribution in [0.5, 0.6) is 0 Å². The van der Waals surface area contributed by atoms with Gasteiger partial charge in [-0.1, -0.05) is 22.8 Å². The van der Waals surface area contributed by atoms with E-state index >= 15 is 0 Å². The summed E-state index contributed by atoms with van der Waals surface area (Å²) in [4.78, 5) is 36.5. The molecule has 0 saturated carbocycles. The van der Waals surface area contributed by atoms with E-state index < -0.39 is 17.7 Å². The van der Waals surface area contributed by atoms with Crippen LogP contribution in [0, 0.1) is 11.6 Å². The normalized spacial score (nSPS) is 18.4. The van der Waals surface area contributed by atoms with Crippen LogP contribution in [0.4, 0.5) is 8.78 Å². The Morgan fingerprint density at radius 1 is 1.17 bits per heavy atom. The van der Waals surface area contributed by atoms with Gasteiger partial charge in [-0.2, -0.15) is 0 Å². The van der Waals surface area contributed by atoms with Crippen molar-refractivity contribution < 1.29 is 18.4 Å². The van der Waals surface area contributed by atoms with Crippen LogP contribution in [0.2, 0.25) is 5.02 Å². The lowest BCUT2D eigenvalue weighted by atomic mass is 9.97. The molecular weight excluding hydrogens is 498 g/mol. The van der Waals surface area contributed by atoms with Crippen molar-refractivity contribution in [2.75, 3.05) is 13.1 Å². The zero-order chi connectivity index (χ0) is 24.5. The molecule has 0 aliphatic carbocycles. The fourth-order valence-corrected chi connectivity index (χ4v) is 5.54. The summed E-state index contributed by atoms with van der Waals surface area (Å²) in [5.74, 6) is -1.26. The van der Waals surface area contributed by atoms with E-state index in [0.717, 1.165) is 17.8 Å². The highest BCUT2D eigenvalue weighted by Crippen LogP contribution is 2.35. The second kappa shape index (κ2) is 9.87. The largest absolute Gasteiger partial charge is 0.387 e. The Labute approximate surface area is 208 Å². The second-order valence-corrected chi connectivity index (χ2v) is 9.78. The Kier molecular flexibility index (Phi) is 6.66. The highest BCUT2D eigenvalue weighted by molar-refractivity contribution is 7.10. The van der Waals surface area contributed by atoms with Crippen molar-refractivity contribution in [3.8, 4) is 0 Å². The molecule has 0 bridgehead atoms.